The summed E-state index contributed by atoms with van der Waals surface area (Å²) in [5, 5.41) is 0.470. The van der Waals surface area contributed by atoms with E-state index in [-0.39, 0.29) is 19.8 Å². The summed E-state index contributed by atoms with van der Waals surface area (Å²) in [5.74, 6) is 0. The van der Waals surface area contributed by atoms with E-state index < -0.39 is 19.2 Å². The number of unbranched alkanes of at least 4 members (excludes halogenated alkanes) is 15. The van der Waals surface area contributed by atoms with Crippen LogP contribution in [0, 0.1) is 0 Å². The predicted octanol–water partition coefficient (Wildman–Crippen LogP) is 9.19. The van der Waals surface area contributed by atoms with Gasteiger partial charge in [-0.2, -0.15) is 0 Å². The number of carbonyl (C=O) groups excluding carboxylic acids is 1. The summed E-state index contributed by atoms with van der Waals surface area (Å²) in [4.78, 5) is 11.4. The summed E-state index contributed by atoms with van der Waals surface area (Å²) in [6.45, 7) is -0.891. The van der Waals surface area contributed by atoms with Crippen molar-refractivity contribution in [1.82, 2.24) is 0 Å². The quantitative estimate of drug-likeness (QED) is 0.0420. The third-order valence-electron chi connectivity index (χ3n) is 5.61. The highest BCUT2D eigenvalue weighted by Gasteiger charge is 2.25. The highest BCUT2D eigenvalue weighted by atomic mass is 79.9. The van der Waals surface area contributed by atoms with Crippen molar-refractivity contribution < 1.29 is 32.6 Å². The standard InChI is InChI=1S/C25H49BrClO7P/c1-3-4-5-6-7-8-9-10-11-12-13-14-15-16-17-18-20-31-22-24(34-25(28)30-2)23-33-35(27,29)32-21-19-26/h24H,3-23H2,1-2H3. The highest BCUT2D eigenvalue weighted by molar-refractivity contribution is 9.09. The minimum atomic E-state index is -3.74. The van der Waals surface area contributed by atoms with E-state index in [1.807, 2.05) is 0 Å². The van der Waals surface area contributed by atoms with Crippen molar-refractivity contribution in [1.29, 1.82) is 0 Å². The third kappa shape index (κ3) is 25.6. The van der Waals surface area contributed by atoms with Crippen LogP contribution in [0.4, 0.5) is 4.79 Å². The van der Waals surface area contributed by atoms with E-state index in [2.05, 4.69) is 27.6 Å². The lowest BCUT2D eigenvalue weighted by molar-refractivity contribution is -0.0282. The normalized spacial score (nSPS) is 13.9. The Morgan fingerprint density at radius 3 is 1.71 bits per heavy atom. The molecule has 0 heterocycles. The van der Waals surface area contributed by atoms with Gasteiger partial charge < -0.3 is 14.2 Å². The van der Waals surface area contributed by atoms with Crippen molar-refractivity contribution in [3.05, 3.63) is 0 Å². The van der Waals surface area contributed by atoms with E-state index in [4.69, 9.17) is 29.8 Å². The summed E-state index contributed by atoms with van der Waals surface area (Å²) in [6, 6.07) is 0. The summed E-state index contributed by atoms with van der Waals surface area (Å²) in [7, 11) is 1.21. The van der Waals surface area contributed by atoms with E-state index >= 15 is 0 Å². The van der Waals surface area contributed by atoms with Crippen LogP contribution in [0.1, 0.15) is 110 Å². The molecule has 0 amide bonds. The average Bonchev–Trinajstić information content (AvgIpc) is 2.85. The molecule has 2 atom stereocenters. The first-order valence-electron chi connectivity index (χ1n) is 13.4. The Morgan fingerprint density at radius 2 is 1.26 bits per heavy atom. The molecule has 0 saturated heterocycles. The van der Waals surface area contributed by atoms with Crippen molar-refractivity contribution in [2.24, 2.45) is 0 Å². The zero-order valence-corrected chi connectivity index (χ0v) is 25.2. The molecule has 0 bridgehead atoms. The third-order valence-corrected chi connectivity index (χ3v) is 7.47. The van der Waals surface area contributed by atoms with Crippen molar-refractivity contribution in [3.8, 4) is 0 Å². The van der Waals surface area contributed by atoms with Crippen LogP contribution in [-0.2, 0) is 27.8 Å². The molecule has 0 fully saturated rings. The van der Waals surface area contributed by atoms with Gasteiger partial charge in [0.05, 0.1) is 26.9 Å². The van der Waals surface area contributed by atoms with E-state index in [9.17, 15) is 9.36 Å². The number of halogens is 2. The van der Waals surface area contributed by atoms with Gasteiger partial charge in [-0.15, -0.1) is 0 Å². The molecule has 0 N–H and O–H groups in total. The molecule has 10 heteroatoms. The Hall–Kier alpha value is 0.150. The van der Waals surface area contributed by atoms with E-state index in [0.717, 1.165) is 12.8 Å². The summed E-state index contributed by atoms with van der Waals surface area (Å²) >= 11 is 8.87. The molecule has 7 nitrogen and oxygen atoms in total. The van der Waals surface area contributed by atoms with Crippen LogP contribution in [0.5, 0.6) is 0 Å². The minimum Gasteiger partial charge on any atom is -0.438 e. The molecular weight excluding hydrogens is 559 g/mol. The number of rotatable bonds is 26. The fourth-order valence-corrected chi connectivity index (χ4v) is 5.14. The van der Waals surface area contributed by atoms with Crippen LogP contribution in [0.3, 0.4) is 0 Å². The maximum absolute atomic E-state index is 12.0. The minimum absolute atomic E-state index is 0.100. The van der Waals surface area contributed by atoms with Crippen LogP contribution < -0.4 is 0 Å². The fourth-order valence-electron chi connectivity index (χ4n) is 3.62. The van der Waals surface area contributed by atoms with Crippen LogP contribution in [0.2, 0.25) is 0 Å². The number of methoxy groups -OCH3 is 1. The van der Waals surface area contributed by atoms with Crippen molar-refractivity contribution in [2.45, 2.75) is 116 Å². The lowest BCUT2D eigenvalue weighted by Gasteiger charge is -2.19. The number of hydrogen-bond donors (Lipinski definition) is 0. The lowest BCUT2D eigenvalue weighted by atomic mass is 10.0. The Labute approximate surface area is 227 Å². The summed E-state index contributed by atoms with van der Waals surface area (Å²) in [6.07, 6.45) is 19.4. The molecular formula is C25H49BrClO7P. The number of alkyl halides is 1. The van der Waals surface area contributed by atoms with Crippen LogP contribution in [0.15, 0.2) is 0 Å². The molecule has 0 aromatic heterocycles. The molecule has 0 radical (unpaired) electrons. The van der Waals surface area contributed by atoms with E-state index in [0.29, 0.717) is 11.9 Å². The van der Waals surface area contributed by atoms with Crippen LogP contribution in [-0.4, -0.2) is 51.1 Å². The summed E-state index contributed by atoms with van der Waals surface area (Å²) < 4.78 is 37.2. The first-order chi connectivity index (χ1) is 16.9. The van der Waals surface area contributed by atoms with Gasteiger partial charge in [0, 0.05) is 23.2 Å². The van der Waals surface area contributed by atoms with Gasteiger partial charge in [-0.1, -0.05) is 119 Å². The molecule has 0 aliphatic carbocycles. The molecule has 0 rings (SSSR count). The average molecular weight is 608 g/mol. The smallest absolute Gasteiger partial charge is 0.438 e. The van der Waals surface area contributed by atoms with Crippen molar-refractivity contribution in [3.63, 3.8) is 0 Å². The van der Waals surface area contributed by atoms with Crippen molar-refractivity contribution >= 4 is 40.3 Å². The molecule has 35 heavy (non-hydrogen) atoms. The maximum Gasteiger partial charge on any atom is 0.508 e. The Balaban J connectivity index is 3.66. The largest absolute Gasteiger partial charge is 0.508 e. The van der Waals surface area contributed by atoms with Gasteiger partial charge in [-0.25, -0.2) is 9.36 Å². The second kappa shape index (κ2) is 25.8. The summed E-state index contributed by atoms with van der Waals surface area (Å²) in [5.41, 5.74) is 0. The molecule has 0 saturated carbocycles. The maximum atomic E-state index is 12.0. The Kier molecular flexibility index (Phi) is 25.9. The van der Waals surface area contributed by atoms with Gasteiger partial charge in [0.1, 0.15) is 0 Å². The van der Waals surface area contributed by atoms with E-state index in [1.54, 1.807) is 0 Å². The zero-order chi connectivity index (χ0) is 26.0. The molecule has 0 aliphatic rings. The SMILES string of the molecule is CCCCCCCCCCCCCCCCCCOCC(COP(=O)(Cl)OCCBr)OC(=O)OC. The molecule has 0 aromatic rings. The second-order valence-electron chi connectivity index (χ2n) is 8.82. The second-order valence-corrected chi connectivity index (χ2v) is 12.2. The number of carbonyl (C=O) groups is 1. The number of ether oxygens (including phenoxy) is 3. The number of hydrogen-bond acceptors (Lipinski definition) is 7. The van der Waals surface area contributed by atoms with Gasteiger partial charge in [0.25, 0.3) is 0 Å². The van der Waals surface area contributed by atoms with Gasteiger partial charge in [0.2, 0.25) is 0 Å². The zero-order valence-electron chi connectivity index (χ0n) is 22.0. The Morgan fingerprint density at radius 1 is 0.771 bits per heavy atom. The molecule has 210 valence electrons. The van der Waals surface area contributed by atoms with Crippen molar-refractivity contribution in [2.75, 3.05) is 38.9 Å². The fraction of sp³-hybridized carbons (Fsp3) is 0.960. The molecule has 0 aliphatic heterocycles. The Bertz CT molecular complexity index is 528. The van der Waals surface area contributed by atoms with Crippen LogP contribution in [0.25, 0.3) is 0 Å². The first kappa shape index (κ1) is 35.2. The van der Waals surface area contributed by atoms with Gasteiger partial charge in [-0.05, 0) is 6.42 Å². The monoisotopic (exact) mass is 606 g/mol. The lowest BCUT2D eigenvalue weighted by Crippen LogP contribution is -2.28. The molecule has 0 spiro atoms. The topological polar surface area (TPSA) is 80.3 Å². The molecule has 2 unspecified atom stereocenters. The first-order valence-corrected chi connectivity index (χ1v) is 17.0. The van der Waals surface area contributed by atoms with Gasteiger partial charge in [0.15, 0.2) is 6.10 Å². The van der Waals surface area contributed by atoms with Gasteiger partial charge >= 0.3 is 13.1 Å². The predicted molar refractivity (Wildman–Crippen MR) is 147 cm³/mol. The molecule has 0 aromatic carbocycles. The highest BCUT2D eigenvalue weighted by Crippen LogP contribution is 2.53. The van der Waals surface area contributed by atoms with E-state index in [1.165, 1.54) is 97.0 Å². The van der Waals surface area contributed by atoms with Gasteiger partial charge in [-0.3, -0.25) is 9.05 Å². The van der Waals surface area contributed by atoms with Crippen LogP contribution >= 0.6 is 34.1 Å².